The molecule has 0 spiro atoms. The second kappa shape index (κ2) is 5.01. The molecule has 1 aromatic carbocycles. The number of nitrogens with one attached hydrogen (secondary N) is 1. The highest BCUT2D eigenvalue weighted by molar-refractivity contribution is 14.1. The zero-order valence-corrected chi connectivity index (χ0v) is 13.9. The van der Waals surface area contributed by atoms with Gasteiger partial charge in [-0.2, -0.15) is 0 Å². The fourth-order valence-corrected chi connectivity index (χ4v) is 4.17. The molecule has 0 radical (unpaired) electrons. The average Bonchev–Trinajstić information content (AvgIpc) is 3.05. The minimum absolute atomic E-state index is 0.0954. The lowest BCUT2D eigenvalue weighted by Crippen LogP contribution is -2.26. The number of Topliss-reactive ketones (excluding diaryl/α,β-unsaturated/α-hetero) is 2. The van der Waals surface area contributed by atoms with Crippen molar-refractivity contribution in [1.29, 1.82) is 0 Å². The highest BCUT2D eigenvalue weighted by Gasteiger charge is 2.42. The summed E-state index contributed by atoms with van der Waals surface area (Å²) in [4.78, 5) is 24.7. The van der Waals surface area contributed by atoms with E-state index in [-0.39, 0.29) is 23.3 Å². The Kier molecular flexibility index (Phi) is 3.21. The molecule has 1 heterocycles. The molecule has 3 nitrogen and oxygen atoms in total. The lowest BCUT2D eigenvalue weighted by molar-refractivity contribution is -0.115. The molecule has 0 saturated heterocycles. The van der Waals surface area contributed by atoms with Crippen molar-refractivity contribution in [2.75, 3.05) is 0 Å². The topological polar surface area (TPSA) is 46.2 Å². The van der Waals surface area contributed by atoms with Gasteiger partial charge in [0.15, 0.2) is 11.6 Å². The fraction of sp³-hybridized carbons (Fsp3) is 0.294. The van der Waals surface area contributed by atoms with Crippen LogP contribution in [0.2, 0.25) is 0 Å². The second-order valence-corrected chi connectivity index (χ2v) is 7.02. The van der Waals surface area contributed by atoms with Crippen molar-refractivity contribution >= 4 is 34.2 Å². The van der Waals surface area contributed by atoms with E-state index in [2.05, 4.69) is 5.32 Å². The molecule has 1 N–H and O–H groups in total. The summed E-state index contributed by atoms with van der Waals surface area (Å²) in [6, 6.07) is 4.86. The van der Waals surface area contributed by atoms with Crippen LogP contribution in [0, 0.1) is 9.39 Å². The molecule has 112 valence electrons. The van der Waals surface area contributed by atoms with E-state index in [9.17, 15) is 14.0 Å². The first-order valence-corrected chi connectivity index (χ1v) is 8.38. The van der Waals surface area contributed by atoms with Crippen LogP contribution >= 0.6 is 22.6 Å². The maximum atomic E-state index is 13.6. The number of carbonyl (C=O) groups is 2. The van der Waals surface area contributed by atoms with Gasteiger partial charge in [0.1, 0.15) is 5.82 Å². The van der Waals surface area contributed by atoms with E-state index in [1.807, 2.05) is 22.6 Å². The molecule has 1 aromatic rings. The van der Waals surface area contributed by atoms with Crippen molar-refractivity contribution in [2.45, 2.75) is 31.6 Å². The molecule has 2 aliphatic carbocycles. The van der Waals surface area contributed by atoms with Gasteiger partial charge in [0.25, 0.3) is 0 Å². The molecule has 0 fully saturated rings. The molecule has 1 aliphatic heterocycles. The van der Waals surface area contributed by atoms with Crippen molar-refractivity contribution in [3.63, 3.8) is 0 Å². The number of dihydropyridines is 1. The van der Waals surface area contributed by atoms with Crippen LogP contribution in [-0.4, -0.2) is 11.6 Å². The van der Waals surface area contributed by atoms with Gasteiger partial charge in [-0.1, -0.05) is 6.07 Å². The molecule has 0 unspecified atom stereocenters. The molecule has 0 amide bonds. The standard InChI is InChI=1S/C17H13FINO2/c18-9-2-1-8(7-10(9)19)15-16-11(3-5-13(16)21)20-12-4-6-14(22)17(12)15/h1-2,7,15,20H,3-6H2. The van der Waals surface area contributed by atoms with E-state index in [0.717, 1.165) is 17.0 Å². The molecule has 22 heavy (non-hydrogen) atoms. The largest absolute Gasteiger partial charge is 0.362 e. The minimum Gasteiger partial charge on any atom is -0.362 e. The summed E-state index contributed by atoms with van der Waals surface area (Å²) in [5, 5.41) is 3.31. The molecule has 5 heteroatoms. The number of hydrogen-bond acceptors (Lipinski definition) is 3. The van der Waals surface area contributed by atoms with Crippen LogP contribution < -0.4 is 5.32 Å². The minimum atomic E-state index is -0.328. The highest BCUT2D eigenvalue weighted by atomic mass is 127. The lowest BCUT2D eigenvalue weighted by atomic mass is 9.80. The number of carbonyl (C=O) groups excluding carboxylic acids is 2. The molecule has 0 aromatic heterocycles. The summed E-state index contributed by atoms with van der Waals surface area (Å²) in [7, 11) is 0. The van der Waals surface area contributed by atoms with Crippen molar-refractivity contribution in [3.05, 3.63) is 55.7 Å². The summed E-state index contributed by atoms with van der Waals surface area (Å²) in [6.07, 6.45) is 2.38. The number of ketones is 2. The number of hydrogen-bond donors (Lipinski definition) is 1. The first-order chi connectivity index (χ1) is 10.6. The summed E-state index contributed by atoms with van der Waals surface area (Å²) in [5.74, 6) is -0.418. The van der Waals surface area contributed by atoms with E-state index in [0.29, 0.717) is 40.4 Å². The third-order valence-corrected chi connectivity index (χ3v) is 5.44. The van der Waals surface area contributed by atoms with E-state index in [1.54, 1.807) is 12.1 Å². The summed E-state index contributed by atoms with van der Waals surface area (Å²) in [5.41, 5.74) is 4.14. The SMILES string of the molecule is O=C1CCC2=C1C(c1ccc(F)c(I)c1)C1=C(CCC1=O)N2. The van der Waals surface area contributed by atoms with Gasteiger partial charge in [-0.25, -0.2) is 4.39 Å². The molecule has 0 atom stereocenters. The van der Waals surface area contributed by atoms with Crippen LogP contribution in [0.1, 0.15) is 37.2 Å². The third kappa shape index (κ3) is 1.98. The number of halogens is 2. The van der Waals surface area contributed by atoms with Crippen molar-refractivity contribution < 1.29 is 14.0 Å². The van der Waals surface area contributed by atoms with Crippen LogP contribution in [0.25, 0.3) is 0 Å². The molecule has 0 saturated carbocycles. The fourth-order valence-electron chi connectivity index (χ4n) is 3.63. The molecule has 3 aliphatic rings. The Labute approximate surface area is 140 Å². The Morgan fingerprint density at radius 1 is 1.00 bits per heavy atom. The maximum Gasteiger partial charge on any atom is 0.161 e. The van der Waals surface area contributed by atoms with Gasteiger partial charge >= 0.3 is 0 Å². The average molecular weight is 409 g/mol. The zero-order chi connectivity index (χ0) is 15.4. The van der Waals surface area contributed by atoms with Gasteiger partial charge in [-0.05, 0) is 53.1 Å². The van der Waals surface area contributed by atoms with Gasteiger partial charge in [-0.3, -0.25) is 9.59 Å². The van der Waals surface area contributed by atoms with Crippen LogP contribution in [0.3, 0.4) is 0 Å². The van der Waals surface area contributed by atoms with Crippen molar-refractivity contribution in [3.8, 4) is 0 Å². The van der Waals surface area contributed by atoms with Gasteiger partial charge in [0.2, 0.25) is 0 Å². The first kappa shape index (κ1) is 14.1. The van der Waals surface area contributed by atoms with E-state index < -0.39 is 0 Å². The number of allylic oxidation sites excluding steroid dienone is 4. The molecular formula is C17H13FINO2. The van der Waals surface area contributed by atoms with Gasteiger partial charge in [0, 0.05) is 44.9 Å². The Morgan fingerprint density at radius 3 is 2.14 bits per heavy atom. The van der Waals surface area contributed by atoms with E-state index in [1.165, 1.54) is 6.07 Å². The van der Waals surface area contributed by atoms with Crippen LogP contribution in [-0.2, 0) is 9.59 Å². The quantitative estimate of drug-likeness (QED) is 0.724. The summed E-state index contributed by atoms with van der Waals surface area (Å²) < 4.78 is 14.1. The van der Waals surface area contributed by atoms with Crippen LogP contribution in [0.4, 0.5) is 4.39 Å². The predicted octanol–water partition coefficient (Wildman–Crippen LogP) is 3.35. The number of benzene rings is 1. The smallest absolute Gasteiger partial charge is 0.161 e. The van der Waals surface area contributed by atoms with Crippen LogP contribution in [0.5, 0.6) is 0 Å². The Hall–Kier alpha value is -1.50. The summed E-state index contributed by atoms with van der Waals surface area (Å²) >= 11 is 1.94. The highest BCUT2D eigenvalue weighted by Crippen LogP contribution is 2.46. The lowest BCUT2D eigenvalue weighted by Gasteiger charge is -2.27. The Bertz CT molecular complexity index is 754. The second-order valence-electron chi connectivity index (χ2n) is 5.86. The van der Waals surface area contributed by atoms with Crippen molar-refractivity contribution in [1.82, 2.24) is 5.32 Å². The monoisotopic (exact) mass is 409 g/mol. The Balaban J connectivity index is 1.91. The van der Waals surface area contributed by atoms with Crippen molar-refractivity contribution in [2.24, 2.45) is 0 Å². The predicted molar refractivity (Wildman–Crippen MR) is 87.5 cm³/mol. The number of rotatable bonds is 1. The van der Waals surface area contributed by atoms with Gasteiger partial charge < -0.3 is 5.32 Å². The Morgan fingerprint density at radius 2 is 1.59 bits per heavy atom. The molecule has 0 bridgehead atoms. The molecule has 4 rings (SSSR count). The van der Waals surface area contributed by atoms with Gasteiger partial charge in [-0.15, -0.1) is 0 Å². The maximum absolute atomic E-state index is 13.6. The normalized spacial score (nSPS) is 21.4. The van der Waals surface area contributed by atoms with E-state index >= 15 is 0 Å². The third-order valence-electron chi connectivity index (χ3n) is 4.61. The van der Waals surface area contributed by atoms with Gasteiger partial charge in [0.05, 0.1) is 0 Å². The molecular weight excluding hydrogens is 396 g/mol. The summed E-state index contributed by atoms with van der Waals surface area (Å²) in [6.45, 7) is 0. The van der Waals surface area contributed by atoms with E-state index in [4.69, 9.17) is 0 Å². The zero-order valence-electron chi connectivity index (χ0n) is 11.7. The first-order valence-electron chi connectivity index (χ1n) is 7.30. The van der Waals surface area contributed by atoms with Crippen LogP contribution in [0.15, 0.2) is 40.7 Å².